The molecule has 0 fully saturated rings. The number of nitrogens with one attached hydrogen (secondary N) is 2. The van der Waals surface area contributed by atoms with Crippen LogP contribution in [0.5, 0.6) is 0 Å². The summed E-state index contributed by atoms with van der Waals surface area (Å²) in [6.45, 7) is 5.94. The standard InChI is InChI=1S/C12H20N4O2/c1-9(2)7-14-12(17)10-6-11(16-8-15-10)13-4-5-18-3/h6,8-9H,4-5,7H2,1-3H3,(H,14,17)(H,13,15,16). The number of methoxy groups -OCH3 is 1. The Balaban J connectivity index is 2.55. The van der Waals surface area contributed by atoms with Crippen LogP contribution in [0.1, 0.15) is 24.3 Å². The second kappa shape index (κ2) is 7.60. The van der Waals surface area contributed by atoms with Gasteiger partial charge in [0.15, 0.2) is 0 Å². The van der Waals surface area contributed by atoms with Gasteiger partial charge in [0.2, 0.25) is 0 Å². The minimum absolute atomic E-state index is 0.180. The largest absolute Gasteiger partial charge is 0.383 e. The van der Waals surface area contributed by atoms with Crippen LogP contribution in [0.15, 0.2) is 12.4 Å². The summed E-state index contributed by atoms with van der Waals surface area (Å²) in [7, 11) is 1.63. The molecule has 1 rings (SSSR count). The van der Waals surface area contributed by atoms with Gasteiger partial charge in [-0.25, -0.2) is 9.97 Å². The van der Waals surface area contributed by atoms with Gasteiger partial charge in [-0.15, -0.1) is 0 Å². The van der Waals surface area contributed by atoms with Crippen LogP contribution in [0.2, 0.25) is 0 Å². The molecule has 2 N–H and O–H groups in total. The number of anilines is 1. The third kappa shape index (κ3) is 5.09. The molecule has 18 heavy (non-hydrogen) atoms. The second-order valence-electron chi connectivity index (χ2n) is 4.31. The van der Waals surface area contributed by atoms with E-state index < -0.39 is 0 Å². The molecule has 1 aromatic rings. The zero-order chi connectivity index (χ0) is 13.4. The maximum atomic E-state index is 11.8. The molecule has 0 bridgehead atoms. The van der Waals surface area contributed by atoms with Crippen LogP contribution in [0.4, 0.5) is 5.82 Å². The molecule has 0 saturated carbocycles. The molecule has 100 valence electrons. The first-order valence-electron chi connectivity index (χ1n) is 5.96. The van der Waals surface area contributed by atoms with E-state index in [1.807, 2.05) is 13.8 Å². The van der Waals surface area contributed by atoms with Crippen LogP contribution in [0, 0.1) is 5.92 Å². The third-order valence-electron chi connectivity index (χ3n) is 2.18. The topological polar surface area (TPSA) is 76.1 Å². The minimum atomic E-state index is -0.180. The van der Waals surface area contributed by atoms with Gasteiger partial charge in [0, 0.05) is 26.3 Å². The van der Waals surface area contributed by atoms with Gasteiger partial charge in [0.05, 0.1) is 6.61 Å². The second-order valence-corrected chi connectivity index (χ2v) is 4.31. The van der Waals surface area contributed by atoms with E-state index in [4.69, 9.17) is 4.74 Å². The number of hydrogen-bond donors (Lipinski definition) is 2. The SMILES string of the molecule is COCCNc1cc(C(=O)NCC(C)C)ncn1. The zero-order valence-electron chi connectivity index (χ0n) is 11.1. The van der Waals surface area contributed by atoms with Gasteiger partial charge in [-0.2, -0.15) is 0 Å². The van der Waals surface area contributed by atoms with Crippen molar-refractivity contribution in [1.29, 1.82) is 0 Å². The molecule has 0 saturated heterocycles. The van der Waals surface area contributed by atoms with Gasteiger partial charge in [0.1, 0.15) is 17.8 Å². The van der Waals surface area contributed by atoms with E-state index in [0.717, 1.165) is 0 Å². The molecular weight excluding hydrogens is 232 g/mol. The summed E-state index contributed by atoms with van der Waals surface area (Å²) in [5, 5.41) is 5.86. The molecule has 1 heterocycles. The molecular formula is C12H20N4O2. The molecule has 0 aliphatic rings. The Bertz CT molecular complexity index is 382. The van der Waals surface area contributed by atoms with E-state index in [-0.39, 0.29) is 5.91 Å². The molecule has 6 nitrogen and oxygen atoms in total. The highest BCUT2D eigenvalue weighted by atomic mass is 16.5. The molecule has 0 aromatic carbocycles. The van der Waals surface area contributed by atoms with Crippen LogP contribution in [-0.4, -0.2) is 42.7 Å². The summed E-state index contributed by atoms with van der Waals surface area (Å²) in [6.07, 6.45) is 1.37. The fourth-order valence-corrected chi connectivity index (χ4v) is 1.25. The zero-order valence-corrected chi connectivity index (χ0v) is 11.1. The number of rotatable bonds is 7. The molecule has 0 spiro atoms. The first-order valence-corrected chi connectivity index (χ1v) is 5.96. The lowest BCUT2D eigenvalue weighted by Gasteiger charge is -2.08. The fraction of sp³-hybridized carbons (Fsp3) is 0.583. The highest BCUT2D eigenvalue weighted by Crippen LogP contribution is 2.03. The highest BCUT2D eigenvalue weighted by molar-refractivity contribution is 5.92. The summed E-state index contributed by atoms with van der Waals surface area (Å²) < 4.78 is 4.92. The molecule has 0 radical (unpaired) electrons. The van der Waals surface area contributed by atoms with Crippen LogP contribution >= 0.6 is 0 Å². The average Bonchev–Trinajstić information content (AvgIpc) is 2.36. The number of carbonyl (C=O) groups is 1. The predicted molar refractivity (Wildman–Crippen MR) is 69.6 cm³/mol. The van der Waals surface area contributed by atoms with Gasteiger partial charge < -0.3 is 15.4 Å². The van der Waals surface area contributed by atoms with Crippen molar-refractivity contribution in [3.8, 4) is 0 Å². The summed E-state index contributed by atoms with van der Waals surface area (Å²) in [5.74, 6) is 0.854. The fourth-order valence-electron chi connectivity index (χ4n) is 1.25. The number of aromatic nitrogens is 2. The van der Waals surface area contributed by atoms with Gasteiger partial charge >= 0.3 is 0 Å². The molecule has 0 atom stereocenters. The number of carbonyl (C=O) groups excluding carboxylic acids is 1. The normalized spacial score (nSPS) is 10.4. The summed E-state index contributed by atoms with van der Waals surface area (Å²) in [4.78, 5) is 19.8. The van der Waals surface area contributed by atoms with Gasteiger partial charge in [-0.1, -0.05) is 13.8 Å². The summed E-state index contributed by atoms with van der Waals surface area (Å²) in [6, 6.07) is 1.63. The van der Waals surface area contributed by atoms with E-state index in [2.05, 4.69) is 20.6 Å². The van der Waals surface area contributed by atoms with Gasteiger partial charge in [0.25, 0.3) is 5.91 Å². The third-order valence-corrected chi connectivity index (χ3v) is 2.18. The molecule has 0 aliphatic heterocycles. The van der Waals surface area contributed by atoms with Crippen molar-refractivity contribution in [2.45, 2.75) is 13.8 Å². The van der Waals surface area contributed by atoms with Crippen LogP contribution in [0.25, 0.3) is 0 Å². The van der Waals surface area contributed by atoms with Crippen molar-refractivity contribution >= 4 is 11.7 Å². The maximum absolute atomic E-state index is 11.8. The lowest BCUT2D eigenvalue weighted by molar-refractivity contribution is 0.0944. The van der Waals surface area contributed by atoms with Crippen LogP contribution in [0.3, 0.4) is 0 Å². The average molecular weight is 252 g/mol. The number of ether oxygens (including phenoxy) is 1. The van der Waals surface area contributed by atoms with Crippen LogP contribution < -0.4 is 10.6 Å². The Hall–Kier alpha value is -1.69. The van der Waals surface area contributed by atoms with E-state index in [1.165, 1.54) is 6.33 Å². The Labute approximate surface area is 107 Å². The van der Waals surface area contributed by atoms with Crippen molar-refractivity contribution < 1.29 is 9.53 Å². The smallest absolute Gasteiger partial charge is 0.270 e. The van der Waals surface area contributed by atoms with Crippen molar-refractivity contribution in [2.24, 2.45) is 5.92 Å². The lowest BCUT2D eigenvalue weighted by atomic mass is 10.2. The van der Waals surface area contributed by atoms with Crippen molar-refractivity contribution in [3.05, 3.63) is 18.1 Å². The van der Waals surface area contributed by atoms with E-state index >= 15 is 0 Å². The van der Waals surface area contributed by atoms with Crippen LogP contribution in [-0.2, 0) is 4.74 Å². The van der Waals surface area contributed by atoms with Crippen molar-refractivity contribution in [3.63, 3.8) is 0 Å². The summed E-state index contributed by atoms with van der Waals surface area (Å²) >= 11 is 0. The minimum Gasteiger partial charge on any atom is -0.383 e. The molecule has 0 aliphatic carbocycles. The molecule has 0 unspecified atom stereocenters. The number of hydrogen-bond acceptors (Lipinski definition) is 5. The first-order chi connectivity index (χ1) is 8.63. The lowest BCUT2D eigenvalue weighted by Crippen LogP contribution is -2.28. The monoisotopic (exact) mass is 252 g/mol. The quantitative estimate of drug-likeness (QED) is 0.706. The van der Waals surface area contributed by atoms with E-state index in [9.17, 15) is 4.79 Å². The maximum Gasteiger partial charge on any atom is 0.270 e. The predicted octanol–water partition coefficient (Wildman–Crippen LogP) is 0.921. The first kappa shape index (κ1) is 14.4. The van der Waals surface area contributed by atoms with Crippen molar-refractivity contribution in [1.82, 2.24) is 15.3 Å². The Morgan fingerprint density at radius 3 is 2.89 bits per heavy atom. The van der Waals surface area contributed by atoms with E-state index in [1.54, 1.807) is 13.2 Å². The number of nitrogens with zero attached hydrogens (tertiary/aromatic N) is 2. The van der Waals surface area contributed by atoms with E-state index in [0.29, 0.717) is 37.1 Å². The molecule has 6 heteroatoms. The molecule has 1 amide bonds. The van der Waals surface area contributed by atoms with Crippen molar-refractivity contribution in [2.75, 3.05) is 32.1 Å². The Kier molecular flexibility index (Phi) is 6.07. The Morgan fingerprint density at radius 2 is 2.22 bits per heavy atom. The van der Waals surface area contributed by atoms with Gasteiger partial charge in [-0.3, -0.25) is 4.79 Å². The Morgan fingerprint density at radius 1 is 1.44 bits per heavy atom. The highest BCUT2D eigenvalue weighted by Gasteiger charge is 2.08. The van der Waals surface area contributed by atoms with Gasteiger partial charge in [-0.05, 0) is 5.92 Å². The molecule has 1 aromatic heterocycles. The summed E-state index contributed by atoms with van der Waals surface area (Å²) in [5.41, 5.74) is 0.366. The number of amides is 1.